The van der Waals surface area contributed by atoms with Crippen LogP contribution in [0.4, 0.5) is 0 Å². The summed E-state index contributed by atoms with van der Waals surface area (Å²) < 4.78 is 0. The maximum Gasteiger partial charge on any atom is 0.326 e. The third-order valence-corrected chi connectivity index (χ3v) is 3.08. The predicted molar refractivity (Wildman–Crippen MR) is 80.3 cm³/mol. The van der Waals surface area contributed by atoms with E-state index in [0.717, 1.165) is 0 Å². The van der Waals surface area contributed by atoms with Gasteiger partial charge in [0.2, 0.25) is 11.8 Å². The molecule has 0 aliphatic heterocycles. The van der Waals surface area contributed by atoms with E-state index in [9.17, 15) is 24.0 Å². The van der Waals surface area contributed by atoms with E-state index in [4.69, 9.17) is 26.2 Å². The normalized spacial score (nSPS) is 14.0. The Morgan fingerprint density at radius 2 is 1.28 bits per heavy atom. The highest BCUT2D eigenvalue weighted by molar-refractivity contribution is 5.92. The van der Waals surface area contributed by atoms with Gasteiger partial charge in [-0.1, -0.05) is 0 Å². The number of carboxylic acid groups (broad SMARTS) is 3. The summed E-state index contributed by atoms with van der Waals surface area (Å²) >= 11 is 0. The van der Waals surface area contributed by atoms with Crippen molar-refractivity contribution in [1.29, 1.82) is 0 Å². The van der Waals surface area contributed by atoms with Gasteiger partial charge in [-0.15, -0.1) is 0 Å². The van der Waals surface area contributed by atoms with E-state index < -0.39 is 60.9 Å². The zero-order chi connectivity index (χ0) is 19.6. The lowest BCUT2D eigenvalue weighted by Gasteiger charge is -2.21. The van der Waals surface area contributed by atoms with E-state index >= 15 is 0 Å². The molecule has 3 unspecified atom stereocenters. The molecule has 25 heavy (non-hydrogen) atoms. The molecule has 0 fully saturated rings. The molecule has 12 nitrogen and oxygen atoms in total. The molecule has 0 aliphatic carbocycles. The first-order chi connectivity index (χ1) is 11.6. The molecule has 0 spiro atoms. The van der Waals surface area contributed by atoms with E-state index in [-0.39, 0.29) is 19.3 Å². The van der Waals surface area contributed by atoms with Crippen LogP contribution in [0.25, 0.3) is 0 Å². The lowest BCUT2D eigenvalue weighted by molar-refractivity contribution is -0.143. The lowest BCUT2D eigenvalue weighted by atomic mass is 10.1. The number of hydrogen-bond donors (Lipinski definition) is 7. The zero-order valence-corrected chi connectivity index (χ0v) is 13.2. The Bertz CT molecular complexity index is 523. The number of rotatable bonds is 12. The average Bonchev–Trinajstić information content (AvgIpc) is 2.52. The summed E-state index contributed by atoms with van der Waals surface area (Å²) in [6.45, 7) is -0.867. The maximum absolute atomic E-state index is 11.9. The standard InChI is InChI=1S/C13H21N3O9/c14-6(1-3-9(18)19)11(22)16-8(5-17)12(23)15-7(13(24)25)2-4-10(20)21/h6-8,17H,1-5,14H2,(H,15,23)(H,16,22)(H,18,19)(H,20,21)(H,24,25). The number of hydrogen-bond acceptors (Lipinski definition) is 7. The number of aliphatic hydroxyl groups excluding tert-OH is 1. The molecule has 12 heteroatoms. The van der Waals surface area contributed by atoms with Crippen LogP contribution in [0.2, 0.25) is 0 Å². The fourth-order valence-corrected chi connectivity index (χ4v) is 1.68. The molecule has 0 bridgehead atoms. The smallest absolute Gasteiger partial charge is 0.326 e. The number of nitrogens with one attached hydrogen (secondary N) is 2. The first kappa shape index (κ1) is 22.3. The van der Waals surface area contributed by atoms with Crippen LogP contribution in [0.15, 0.2) is 0 Å². The number of amides is 2. The molecule has 0 aromatic carbocycles. The molecule has 8 N–H and O–H groups in total. The average molecular weight is 363 g/mol. The predicted octanol–water partition coefficient (Wildman–Crippen LogP) is -2.91. The molecule has 0 saturated carbocycles. The molecular formula is C13H21N3O9. The SMILES string of the molecule is NC(CCC(=O)O)C(=O)NC(CO)C(=O)NC(CCC(=O)O)C(=O)O. The van der Waals surface area contributed by atoms with Crippen LogP contribution in [-0.2, 0) is 24.0 Å². The number of carboxylic acids is 3. The highest BCUT2D eigenvalue weighted by Gasteiger charge is 2.27. The molecule has 0 aromatic rings. The summed E-state index contributed by atoms with van der Waals surface area (Å²) in [5.41, 5.74) is 5.45. The van der Waals surface area contributed by atoms with Gasteiger partial charge in [0.05, 0.1) is 12.6 Å². The van der Waals surface area contributed by atoms with Crippen LogP contribution >= 0.6 is 0 Å². The number of aliphatic carboxylic acids is 3. The van der Waals surface area contributed by atoms with Crippen LogP contribution in [0, 0.1) is 0 Å². The second-order valence-corrected chi connectivity index (χ2v) is 5.11. The summed E-state index contributed by atoms with van der Waals surface area (Å²) in [5.74, 6) is -5.83. The largest absolute Gasteiger partial charge is 0.481 e. The third-order valence-electron chi connectivity index (χ3n) is 3.08. The number of nitrogens with two attached hydrogens (primary N) is 1. The van der Waals surface area contributed by atoms with E-state index in [1.165, 1.54) is 0 Å². The summed E-state index contributed by atoms with van der Waals surface area (Å²) in [5, 5.41) is 39.2. The van der Waals surface area contributed by atoms with E-state index in [1.807, 2.05) is 5.32 Å². The van der Waals surface area contributed by atoms with Gasteiger partial charge in [-0.2, -0.15) is 0 Å². The number of carbonyl (C=O) groups excluding carboxylic acids is 2. The lowest BCUT2D eigenvalue weighted by Crippen LogP contribution is -2.55. The van der Waals surface area contributed by atoms with Crippen LogP contribution in [0.5, 0.6) is 0 Å². The number of carbonyl (C=O) groups is 5. The van der Waals surface area contributed by atoms with Crippen molar-refractivity contribution >= 4 is 29.7 Å². The summed E-state index contributed by atoms with van der Waals surface area (Å²) in [6, 6.07) is -4.27. The van der Waals surface area contributed by atoms with Crippen molar-refractivity contribution in [2.24, 2.45) is 5.73 Å². The topological polar surface area (TPSA) is 216 Å². The Hall–Kier alpha value is -2.73. The highest BCUT2D eigenvalue weighted by atomic mass is 16.4. The van der Waals surface area contributed by atoms with Crippen molar-refractivity contribution in [2.75, 3.05) is 6.61 Å². The van der Waals surface area contributed by atoms with Crippen LogP contribution < -0.4 is 16.4 Å². The van der Waals surface area contributed by atoms with Gasteiger partial charge >= 0.3 is 17.9 Å². The van der Waals surface area contributed by atoms with Gasteiger partial charge in [0.15, 0.2) is 0 Å². The Morgan fingerprint density at radius 3 is 1.72 bits per heavy atom. The van der Waals surface area contributed by atoms with Gasteiger partial charge in [0, 0.05) is 12.8 Å². The summed E-state index contributed by atoms with van der Waals surface area (Å²) in [4.78, 5) is 55.6. The zero-order valence-electron chi connectivity index (χ0n) is 13.2. The van der Waals surface area contributed by atoms with Gasteiger partial charge < -0.3 is 36.8 Å². The molecule has 142 valence electrons. The van der Waals surface area contributed by atoms with Gasteiger partial charge in [0.1, 0.15) is 12.1 Å². The molecule has 0 radical (unpaired) electrons. The third kappa shape index (κ3) is 9.22. The molecule has 0 rings (SSSR count). The Labute approximate surface area is 142 Å². The van der Waals surface area contributed by atoms with Gasteiger partial charge in [-0.05, 0) is 12.8 Å². The van der Waals surface area contributed by atoms with Crippen molar-refractivity contribution in [3.8, 4) is 0 Å². The second kappa shape index (κ2) is 10.9. The van der Waals surface area contributed by atoms with Gasteiger partial charge in [-0.25, -0.2) is 4.79 Å². The fourth-order valence-electron chi connectivity index (χ4n) is 1.68. The number of aliphatic hydroxyl groups is 1. The molecule has 0 aliphatic rings. The van der Waals surface area contributed by atoms with Crippen molar-refractivity contribution in [2.45, 2.75) is 43.8 Å². The molecule has 0 saturated heterocycles. The van der Waals surface area contributed by atoms with Crippen LogP contribution in [-0.4, -0.2) is 74.9 Å². The van der Waals surface area contributed by atoms with Gasteiger partial charge in [0.25, 0.3) is 0 Å². The quantitative estimate of drug-likeness (QED) is 0.187. The van der Waals surface area contributed by atoms with E-state index in [2.05, 4.69) is 5.32 Å². The minimum absolute atomic E-state index is 0.197. The van der Waals surface area contributed by atoms with Crippen LogP contribution in [0.3, 0.4) is 0 Å². The summed E-state index contributed by atoms with van der Waals surface area (Å²) in [6.07, 6.45) is -1.47. The van der Waals surface area contributed by atoms with E-state index in [1.54, 1.807) is 0 Å². The molecule has 0 heterocycles. The minimum atomic E-state index is -1.52. The van der Waals surface area contributed by atoms with E-state index in [0.29, 0.717) is 0 Å². The minimum Gasteiger partial charge on any atom is -0.481 e. The summed E-state index contributed by atoms with van der Waals surface area (Å²) in [7, 11) is 0. The molecule has 3 atom stereocenters. The first-order valence-electron chi connectivity index (χ1n) is 7.22. The first-order valence-corrected chi connectivity index (χ1v) is 7.22. The van der Waals surface area contributed by atoms with Crippen molar-refractivity contribution in [3.05, 3.63) is 0 Å². The van der Waals surface area contributed by atoms with Crippen LogP contribution in [0.1, 0.15) is 25.7 Å². The molecule has 2 amide bonds. The Balaban J connectivity index is 4.71. The van der Waals surface area contributed by atoms with Crippen molar-refractivity contribution in [3.63, 3.8) is 0 Å². The van der Waals surface area contributed by atoms with Gasteiger partial charge in [-0.3, -0.25) is 19.2 Å². The monoisotopic (exact) mass is 363 g/mol. The fraction of sp³-hybridized carbons (Fsp3) is 0.615. The maximum atomic E-state index is 11.9. The highest BCUT2D eigenvalue weighted by Crippen LogP contribution is 2.00. The Kier molecular flexibility index (Phi) is 9.74. The Morgan fingerprint density at radius 1 is 0.800 bits per heavy atom. The second-order valence-electron chi connectivity index (χ2n) is 5.11. The molecule has 0 aromatic heterocycles. The van der Waals surface area contributed by atoms with Crippen molar-refractivity contribution in [1.82, 2.24) is 10.6 Å². The molecular weight excluding hydrogens is 342 g/mol. The van der Waals surface area contributed by atoms with Crippen molar-refractivity contribution < 1.29 is 44.4 Å².